The van der Waals surface area contributed by atoms with Gasteiger partial charge in [-0.25, -0.2) is 0 Å². The van der Waals surface area contributed by atoms with E-state index in [1.54, 1.807) is 6.92 Å². The summed E-state index contributed by atoms with van der Waals surface area (Å²) in [5.41, 5.74) is 0. The monoisotopic (exact) mass is 226 g/mol. The molecule has 0 atom stereocenters. The van der Waals surface area contributed by atoms with Gasteiger partial charge in [0, 0.05) is 45.5 Å². The van der Waals surface area contributed by atoms with Gasteiger partial charge in [-0.3, -0.25) is 9.69 Å². The summed E-state index contributed by atoms with van der Waals surface area (Å²) in [5, 5.41) is 0. The van der Waals surface area contributed by atoms with Crippen molar-refractivity contribution >= 4 is 29.9 Å². The molecule has 0 aromatic rings. The van der Waals surface area contributed by atoms with Crippen molar-refractivity contribution in [3.05, 3.63) is 0 Å². The SMILES string of the molecule is CC(=O)N1CCN(CCCl)CC1.Cl. The van der Waals surface area contributed by atoms with Crippen LogP contribution in [0.3, 0.4) is 0 Å². The zero-order valence-electron chi connectivity index (χ0n) is 7.83. The lowest BCUT2D eigenvalue weighted by Gasteiger charge is -2.33. The maximum atomic E-state index is 10.9. The number of rotatable bonds is 2. The van der Waals surface area contributed by atoms with Crippen LogP contribution in [0.5, 0.6) is 0 Å². The van der Waals surface area contributed by atoms with Gasteiger partial charge in [0.1, 0.15) is 0 Å². The van der Waals surface area contributed by atoms with E-state index in [1.807, 2.05) is 4.90 Å². The third-order valence-electron chi connectivity index (χ3n) is 2.22. The fourth-order valence-corrected chi connectivity index (χ4v) is 1.64. The molecule has 5 heteroatoms. The molecule has 1 fully saturated rings. The summed E-state index contributed by atoms with van der Waals surface area (Å²) in [6.45, 7) is 6.20. The molecule has 13 heavy (non-hydrogen) atoms. The summed E-state index contributed by atoms with van der Waals surface area (Å²) < 4.78 is 0. The first kappa shape index (κ1) is 13.0. The van der Waals surface area contributed by atoms with Crippen LogP contribution >= 0.6 is 24.0 Å². The first-order valence-corrected chi connectivity index (χ1v) is 4.81. The Morgan fingerprint density at radius 3 is 2.23 bits per heavy atom. The lowest BCUT2D eigenvalue weighted by atomic mass is 10.3. The summed E-state index contributed by atoms with van der Waals surface area (Å²) in [5.74, 6) is 0.862. The van der Waals surface area contributed by atoms with E-state index in [2.05, 4.69) is 4.90 Å². The Kier molecular flexibility index (Phi) is 6.47. The molecule has 0 aliphatic carbocycles. The molecule has 1 aliphatic heterocycles. The number of amides is 1. The van der Waals surface area contributed by atoms with Crippen LogP contribution in [0.15, 0.2) is 0 Å². The van der Waals surface area contributed by atoms with Crippen molar-refractivity contribution in [1.29, 1.82) is 0 Å². The zero-order chi connectivity index (χ0) is 8.97. The van der Waals surface area contributed by atoms with E-state index < -0.39 is 0 Å². The summed E-state index contributed by atoms with van der Waals surface area (Å²) in [7, 11) is 0. The fraction of sp³-hybridized carbons (Fsp3) is 0.875. The highest BCUT2D eigenvalue weighted by molar-refractivity contribution is 6.18. The van der Waals surface area contributed by atoms with Gasteiger partial charge in [0.15, 0.2) is 0 Å². The van der Waals surface area contributed by atoms with E-state index in [9.17, 15) is 4.79 Å². The summed E-state index contributed by atoms with van der Waals surface area (Å²) in [6.07, 6.45) is 0. The van der Waals surface area contributed by atoms with Crippen molar-refractivity contribution in [2.75, 3.05) is 38.6 Å². The van der Waals surface area contributed by atoms with Gasteiger partial charge in [-0.2, -0.15) is 0 Å². The van der Waals surface area contributed by atoms with Crippen LogP contribution < -0.4 is 0 Å². The quantitative estimate of drug-likeness (QED) is 0.652. The Balaban J connectivity index is 0.00000144. The molecule has 78 valence electrons. The number of carbonyl (C=O) groups is 1. The van der Waals surface area contributed by atoms with E-state index >= 15 is 0 Å². The second-order valence-corrected chi connectivity index (χ2v) is 3.41. The molecular weight excluding hydrogens is 211 g/mol. The van der Waals surface area contributed by atoms with E-state index in [4.69, 9.17) is 11.6 Å². The van der Waals surface area contributed by atoms with E-state index in [1.165, 1.54) is 0 Å². The average molecular weight is 227 g/mol. The lowest BCUT2D eigenvalue weighted by Crippen LogP contribution is -2.48. The van der Waals surface area contributed by atoms with Crippen LogP contribution in [0, 0.1) is 0 Å². The highest BCUT2D eigenvalue weighted by atomic mass is 35.5. The minimum Gasteiger partial charge on any atom is -0.340 e. The maximum absolute atomic E-state index is 10.9. The summed E-state index contributed by atoms with van der Waals surface area (Å²) in [6, 6.07) is 0. The first-order chi connectivity index (χ1) is 5.74. The van der Waals surface area contributed by atoms with E-state index in [0.29, 0.717) is 5.88 Å². The molecule has 0 N–H and O–H groups in total. The minimum absolute atomic E-state index is 0. The van der Waals surface area contributed by atoms with Gasteiger partial charge in [0.25, 0.3) is 0 Å². The number of hydrogen-bond acceptors (Lipinski definition) is 2. The standard InChI is InChI=1S/C8H15ClN2O.ClH/c1-8(12)11-6-4-10(3-2-9)5-7-11;/h2-7H2,1H3;1H. The Bertz CT molecular complexity index is 158. The number of hydrogen-bond donors (Lipinski definition) is 0. The van der Waals surface area contributed by atoms with Gasteiger partial charge < -0.3 is 4.90 Å². The van der Waals surface area contributed by atoms with Crippen molar-refractivity contribution < 1.29 is 4.79 Å². The van der Waals surface area contributed by atoms with Crippen molar-refractivity contribution in [2.45, 2.75) is 6.92 Å². The van der Waals surface area contributed by atoms with Gasteiger partial charge in [-0.1, -0.05) is 0 Å². The molecule has 0 bridgehead atoms. The van der Waals surface area contributed by atoms with Gasteiger partial charge >= 0.3 is 0 Å². The minimum atomic E-state index is 0. The van der Waals surface area contributed by atoms with Crippen LogP contribution in [-0.2, 0) is 4.79 Å². The summed E-state index contributed by atoms with van der Waals surface area (Å²) in [4.78, 5) is 15.1. The third-order valence-corrected chi connectivity index (χ3v) is 2.39. The molecular formula is C8H16Cl2N2O. The molecule has 0 unspecified atom stereocenters. The third kappa shape index (κ3) is 4.16. The lowest BCUT2D eigenvalue weighted by molar-refractivity contribution is -0.130. The smallest absolute Gasteiger partial charge is 0.219 e. The van der Waals surface area contributed by atoms with Crippen molar-refractivity contribution in [2.24, 2.45) is 0 Å². The number of alkyl halides is 1. The number of halogens is 2. The summed E-state index contributed by atoms with van der Waals surface area (Å²) >= 11 is 5.61. The van der Waals surface area contributed by atoms with Crippen LogP contribution in [0.1, 0.15) is 6.92 Å². The second kappa shape index (κ2) is 6.46. The average Bonchev–Trinajstić information content (AvgIpc) is 2.06. The Morgan fingerprint density at radius 1 is 1.31 bits per heavy atom. The van der Waals surface area contributed by atoms with Crippen LogP contribution in [0.4, 0.5) is 0 Å². The first-order valence-electron chi connectivity index (χ1n) is 4.28. The zero-order valence-corrected chi connectivity index (χ0v) is 9.40. The van der Waals surface area contributed by atoms with E-state index in [-0.39, 0.29) is 18.3 Å². The molecule has 1 aliphatic rings. The normalized spacial score (nSPS) is 18.2. The van der Waals surface area contributed by atoms with Crippen molar-refractivity contribution in [3.63, 3.8) is 0 Å². The molecule has 0 radical (unpaired) electrons. The molecule has 1 amide bonds. The molecule has 0 aromatic heterocycles. The molecule has 3 nitrogen and oxygen atoms in total. The molecule has 0 spiro atoms. The van der Waals surface area contributed by atoms with Crippen LogP contribution in [0.2, 0.25) is 0 Å². The second-order valence-electron chi connectivity index (χ2n) is 3.04. The van der Waals surface area contributed by atoms with Gasteiger partial charge in [0.2, 0.25) is 5.91 Å². The predicted molar refractivity (Wildman–Crippen MR) is 56.7 cm³/mol. The highest BCUT2D eigenvalue weighted by Gasteiger charge is 2.17. The fourth-order valence-electron chi connectivity index (χ4n) is 1.41. The Hall–Kier alpha value is 0.01000. The van der Waals surface area contributed by atoms with Crippen LogP contribution in [0.25, 0.3) is 0 Å². The van der Waals surface area contributed by atoms with Gasteiger partial charge in [-0.15, -0.1) is 24.0 Å². The Morgan fingerprint density at radius 2 is 1.85 bits per heavy atom. The topological polar surface area (TPSA) is 23.6 Å². The van der Waals surface area contributed by atoms with E-state index in [0.717, 1.165) is 32.7 Å². The van der Waals surface area contributed by atoms with Crippen molar-refractivity contribution in [1.82, 2.24) is 9.80 Å². The van der Waals surface area contributed by atoms with Crippen molar-refractivity contribution in [3.8, 4) is 0 Å². The largest absolute Gasteiger partial charge is 0.340 e. The number of nitrogens with zero attached hydrogens (tertiary/aromatic N) is 2. The molecule has 0 saturated carbocycles. The molecule has 1 saturated heterocycles. The van der Waals surface area contributed by atoms with Gasteiger partial charge in [0.05, 0.1) is 0 Å². The maximum Gasteiger partial charge on any atom is 0.219 e. The molecule has 1 rings (SSSR count). The number of carbonyl (C=O) groups excluding carboxylic acids is 1. The van der Waals surface area contributed by atoms with Gasteiger partial charge in [-0.05, 0) is 0 Å². The highest BCUT2D eigenvalue weighted by Crippen LogP contribution is 2.01. The number of piperazine rings is 1. The Labute approximate surface area is 90.4 Å². The molecule has 1 heterocycles. The van der Waals surface area contributed by atoms with Crippen LogP contribution in [-0.4, -0.2) is 54.3 Å². The predicted octanol–water partition coefficient (Wildman–Crippen LogP) is 0.811. The molecule has 0 aromatic carbocycles.